The summed E-state index contributed by atoms with van der Waals surface area (Å²) >= 11 is 1.80. The molecule has 0 atom stereocenters. The van der Waals surface area contributed by atoms with Gasteiger partial charge in [-0.2, -0.15) is 0 Å². The number of ether oxygens (including phenoxy) is 1. The molecule has 25 heavy (non-hydrogen) atoms. The number of para-hydroxylation sites is 2. The summed E-state index contributed by atoms with van der Waals surface area (Å²) in [4.78, 5) is 7.10. The maximum absolute atomic E-state index is 5.56. The lowest BCUT2D eigenvalue weighted by Gasteiger charge is -2.14. The maximum Gasteiger partial charge on any atom is 0.126 e. The van der Waals surface area contributed by atoms with E-state index in [1.807, 2.05) is 24.3 Å². The highest BCUT2D eigenvalue weighted by molar-refractivity contribution is 7.99. The van der Waals surface area contributed by atoms with Gasteiger partial charge in [0.2, 0.25) is 0 Å². The van der Waals surface area contributed by atoms with Crippen molar-refractivity contribution in [1.29, 1.82) is 0 Å². The Morgan fingerprint density at radius 1 is 1.00 bits per heavy atom. The van der Waals surface area contributed by atoms with E-state index in [4.69, 9.17) is 9.72 Å². The van der Waals surface area contributed by atoms with Crippen LogP contribution in [0.1, 0.15) is 0 Å². The fourth-order valence-corrected chi connectivity index (χ4v) is 3.73. The predicted octanol–water partition coefficient (Wildman–Crippen LogP) is 4.99. The van der Waals surface area contributed by atoms with Gasteiger partial charge in [0, 0.05) is 28.8 Å². The Hall–Kier alpha value is -1.75. The number of hydrogen-bond donors (Lipinski definition) is 0. The average Bonchev–Trinajstić information content (AvgIpc) is 2.60. The molecule has 0 saturated heterocycles. The summed E-state index contributed by atoms with van der Waals surface area (Å²) in [6.07, 6.45) is 0. The number of rotatable bonds is 6. The van der Waals surface area contributed by atoms with Crippen LogP contribution in [0.25, 0.3) is 22.0 Å². The zero-order chi connectivity index (χ0) is 16.9. The standard InChI is InChI=1S/C20H22N2OS.ClH/c1-22(2)12-13-24-20-17(16-9-5-7-11-19(16)23-3)14-15-8-4-6-10-18(15)21-20;/h4-11,14H,12-13H2,1-3H3;1H. The van der Waals surface area contributed by atoms with E-state index in [1.54, 1.807) is 18.9 Å². The van der Waals surface area contributed by atoms with Crippen LogP contribution in [-0.2, 0) is 0 Å². The summed E-state index contributed by atoms with van der Waals surface area (Å²) in [7, 11) is 5.90. The molecule has 0 aliphatic carbocycles. The molecule has 0 amide bonds. The summed E-state index contributed by atoms with van der Waals surface area (Å²) in [6.45, 7) is 1.02. The Kier molecular flexibility index (Phi) is 7.12. The molecule has 0 bridgehead atoms. The molecule has 0 radical (unpaired) electrons. The van der Waals surface area contributed by atoms with Gasteiger partial charge in [0.1, 0.15) is 10.8 Å². The minimum atomic E-state index is 0. The van der Waals surface area contributed by atoms with E-state index >= 15 is 0 Å². The summed E-state index contributed by atoms with van der Waals surface area (Å²) in [5, 5.41) is 2.20. The molecular formula is C20H23ClN2OS. The van der Waals surface area contributed by atoms with Gasteiger partial charge in [-0.3, -0.25) is 0 Å². The monoisotopic (exact) mass is 374 g/mol. The third kappa shape index (κ3) is 4.66. The van der Waals surface area contributed by atoms with E-state index in [2.05, 4.69) is 49.3 Å². The summed E-state index contributed by atoms with van der Waals surface area (Å²) in [6, 6.07) is 18.6. The molecule has 1 aromatic heterocycles. The van der Waals surface area contributed by atoms with Gasteiger partial charge in [0.15, 0.2) is 0 Å². The molecule has 0 aliphatic heterocycles. The van der Waals surface area contributed by atoms with Crippen molar-refractivity contribution in [2.24, 2.45) is 0 Å². The van der Waals surface area contributed by atoms with Crippen molar-refractivity contribution in [3.63, 3.8) is 0 Å². The number of thioether (sulfide) groups is 1. The zero-order valence-corrected chi connectivity index (χ0v) is 16.4. The number of fused-ring (bicyclic) bond motifs is 1. The first-order chi connectivity index (χ1) is 11.7. The van der Waals surface area contributed by atoms with Crippen LogP contribution < -0.4 is 4.74 Å². The molecule has 0 N–H and O–H groups in total. The lowest BCUT2D eigenvalue weighted by atomic mass is 10.0. The van der Waals surface area contributed by atoms with E-state index in [0.29, 0.717) is 0 Å². The molecule has 3 rings (SSSR count). The third-order valence-corrected chi connectivity index (χ3v) is 4.83. The first-order valence-corrected chi connectivity index (χ1v) is 8.98. The first kappa shape index (κ1) is 19.6. The van der Waals surface area contributed by atoms with Crippen LogP contribution in [0.2, 0.25) is 0 Å². The average molecular weight is 375 g/mol. The van der Waals surface area contributed by atoms with Crippen molar-refractivity contribution >= 4 is 35.1 Å². The third-order valence-electron chi connectivity index (χ3n) is 3.86. The molecule has 132 valence electrons. The highest BCUT2D eigenvalue weighted by Gasteiger charge is 2.13. The van der Waals surface area contributed by atoms with Crippen LogP contribution in [0.15, 0.2) is 59.6 Å². The minimum absolute atomic E-state index is 0. The molecule has 1 heterocycles. The highest BCUT2D eigenvalue weighted by Crippen LogP contribution is 2.37. The van der Waals surface area contributed by atoms with Crippen molar-refractivity contribution in [3.8, 4) is 16.9 Å². The second-order valence-corrected chi connectivity index (χ2v) is 6.97. The maximum atomic E-state index is 5.56. The van der Waals surface area contributed by atoms with Gasteiger partial charge >= 0.3 is 0 Å². The van der Waals surface area contributed by atoms with Gasteiger partial charge < -0.3 is 9.64 Å². The van der Waals surface area contributed by atoms with Crippen LogP contribution in [0.5, 0.6) is 5.75 Å². The molecule has 0 saturated carbocycles. The number of nitrogens with zero attached hydrogens (tertiary/aromatic N) is 2. The van der Waals surface area contributed by atoms with Crippen molar-refractivity contribution < 1.29 is 4.74 Å². The van der Waals surface area contributed by atoms with E-state index in [0.717, 1.165) is 45.1 Å². The normalized spacial score (nSPS) is 10.7. The largest absolute Gasteiger partial charge is 0.496 e. The lowest BCUT2D eigenvalue weighted by Crippen LogP contribution is -2.14. The van der Waals surface area contributed by atoms with Crippen molar-refractivity contribution in [2.45, 2.75) is 5.03 Å². The van der Waals surface area contributed by atoms with Crippen LogP contribution in [0, 0.1) is 0 Å². The molecule has 3 nitrogen and oxygen atoms in total. The summed E-state index contributed by atoms with van der Waals surface area (Å²) in [5.74, 6) is 1.88. The van der Waals surface area contributed by atoms with Gasteiger partial charge in [-0.1, -0.05) is 36.4 Å². The lowest BCUT2D eigenvalue weighted by molar-refractivity contribution is 0.416. The van der Waals surface area contributed by atoms with Crippen LogP contribution in [-0.4, -0.2) is 43.4 Å². The molecule has 0 unspecified atom stereocenters. The zero-order valence-electron chi connectivity index (χ0n) is 14.7. The Balaban J connectivity index is 0.00000225. The molecular weight excluding hydrogens is 352 g/mol. The fourth-order valence-electron chi connectivity index (χ4n) is 2.59. The number of aromatic nitrogens is 1. The first-order valence-electron chi connectivity index (χ1n) is 8.00. The smallest absolute Gasteiger partial charge is 0.126 e. The summed E-state index contributed by atoms with van der Waals surface area (Å²) in [5.41, 5.74) is 3.25. The summed E-state index contributed by atoms with van der Waals surface area (Å²) < 4.78 is 5.56. The fraction of sp³-hybridized carbons (Fsp3) is 0.250. The number of benzene rings is 2. The molecule has 0 aliphatic rings. The van der Waals surface area contributed by atoms with Crippen molar-refractivity contribution in [2.75, 3.05) is 33.5 Å². The van der Waals surface area contributed by atoms with Gasteiger partial charge in [0.05, 0.1) is 12.6 Å². The molecule has 0 spiro atoms. The second kappa shape index (κ2) is 9.09. The van der Waals surface area contributed by atoms with E-state index in [9.17, 15) is 0 Å². The van der Waals surface area contributed by atoms with E-state index in [-0.39, 0.29) is 12.4 Å². The van der Waals surface area contributed by atoms with E-state index in [1.165, 1.54) is 0 Å². The second-order valence-electron chi connectivity index (χ2n) is 5.89. The Bertz CT molecular complexity index is 839. The molecule has 0 fully saturated rings. The van der Waals surface area contributed by atoms with Gasteiger partial charge in [-0.25, -0.2) is 4.98 Å². The van der Waals surface area contributed by atoms with Gasteiger partial charge in [-0.15, -0.1) is 24.2 Å². The Morgan fingerprint density at radius 2 is 1.72 bits per heavy atom. The SMILES string of the molecule is COc1ccccc1-c1cc2ccccc2nc1SCCN(C)C.Cl. The topological polar surface area (TPSA) is 25.4 Å². The molecule has 3 aromatic rings. The van der Waals surface area contributed by atoms with Crippen LogP contribution in [0.3, 0.4) is 0 Å². The van der Waals surface area contributed by atoms with Crippen molar-refractivity contribution in [3.05, 3.63) is 54.6 Å². The van der Waals surface area contributed by atoms with Crippen molar-refractivity contribution in [1.82, 2.24) is 9.88 Å². The molecule has 2 aromatic carbocycles. The van der Waals surface area contributed by atoms with Gasteiger partial charge in [-0.05, 0) is 32.3 Å². The predicted molar refractivity (Wildman–Crippen MR) is 110 cm³/mol. The highest BCUT2D eigenvalue weighted by atomic mass is 35.5. The van der Waals surface area contributed by atoms with Gasteiger partial charge in [0.25, 0.3) is 0 Å². The Morgan fingerprint density at radius 3 is 2.48 bits per heavy atom. The quantitative estimate of drug-likeness (QED) is 0.568. The van der Waals surface area contributed by atoms with E-state index < -0.39 is 0 Å². The number of halogens is 1. The van der Waals surface area contributed by atoms with Crippen LogP contribution >= 0.6 is 24.2 Å². The van der Waals surface area contributed by atoms with Crippen LogP contribution in [0.4, 0.5) is 0 Å². The molecule has 5 heteroatoms. The number of methoxy groups -OCH3 is 1. The minimum Gasteiger partial charge on any atom is -0.496 e. The number of hydrogen-bond acceptors (Lipinski definition) is 4. The number of pyridine rings is 1. The Labute approximate surface area is 159 Å².